The molecule has 672 valence electrons. The summed E-state index contributed by atoms with van der Waals surface area (Å²) < 4.78 is 49.2. The maximum Gasteiger partial charge on any atom is 0.312 e. The summed E-state index contributed by atoms with van der Waals surface area (Å²) in [7, 11) is 0. The van der Waals surface area contributed by atoms with Crippen molar-refractivity contribution in [2.75, 3.05) is 0 Å². The van der Waals surface area contributed by atoms with Crippen molar-refractivity contribution in [2.24, 2.45) is 79.8 Å². The summed E-state index contributed by atoms with van der Waals surface area (Å²) in [6.45, 7) is 36.5. The van der Waals surface area contributed by atoms with E-state index in [4.69, 9.17) is 37.9 Å². The van der Waals surface area contributed by atoms with Gasteiger partial charge in [0.1, 0.15) is 33.6 Å². The van der Waals surface area contributed by atoms with Crippen LogP contribution < -0.4 is 0 Å². The molecule has 14 nitrogen and oxygen atoms in total. The van der Waals surface area contributed by atoms with Gasteiger partial charge in [0.25, 0.3) is 0 Å². The third kappa shape index (κ3) is 22.9. The first-order valence-electron chi connectivity index (χ1n) is 50.1. The summed E-state index contributed by atoms with van der Waals surface area (Å²) in [5, 5.41) is 0. The topological polar surface area (TPSA) is 176 Å². The molecular weight excluding hydrogens is 1460 g/mol. The summed E-state index contributed by atoms with van der Waals surface area (Å²) in [4.78, 5) is 75.2. The fraction of sp³-hybridized carbons (Fsp3) is 0.942. The van der Waals surface area contributed by atoms with Gasteiger partial charge < -0.3 is 37.9 Å². The zero-order valence-corrected chi connectivity index (χ0v) is 78.5. The lowest BCUT2D eigenvalue weighted by molar-refractivity contribution is -0.185. The molecule has 0 aromatic heterocycles. The lowest BCUT2D eigenvalue weighted by Gasteiger charge is -2.45. The number of fused-ring (bicyclic) bond motifs is 6. The Morgan fingerprint density at radius 2 is 0.470 bits per heavy atom. The van der Waals surface area contributed by atoms with Crippen LogP contribution >= 0.6 is 0 Å². The first kappa shape index (κ1) is 96.0. The standard InChI is InChI=1S/C18H30O3.C18H30O2.C17H28O3.2C17H30O2.C16H28O2/c1-4-17(2,3)16(19)21-18(10-6-5-7-11-18)14-12-13-8-9-15(14)20-13;1-4-17(2,3)16(19)20-18(9-5-6-10-18)15-12-13-7-8-14(15)11-13;1-4-16(2,3)15(18)20-17(9-5-6-10-17)13-11-12-7-8-14(13)19-12;1-4-16(2,3)15(18)19-17(12-8-5-9-13-17)14-10-6-7-11-14;1-4-16(2,3)15(18)19-17(12-8-9-13-17)14-10-6-5-7-11-14;1-4-15(2,3)14(17)18-16(11-7-8-12-16)13-9-5-6-10-13/h13-15H,4-12H2,1-3H3;13-15H,4-12H2,1-3H3;12-14H,4-11H2,1-3H3;2*14H,4-13H2,1-3H3;13H,4-12H2,1-3H3. The fourth-order valence-corrected chi connectivity index (χ4v) is 24.2. The molecule has 15 fully saturated rings. The first-order valence-corrected chi connectivity index (χ1v) is 50.1. The van der Waals surface area contributed by atoms with Crippen LogP contribution in [-0.4, -0.2) is 93.8 Å². The Balaban J connectivity index is 0.000000148. The first-order chi connectivity index (χ1) is 55.4. The van der Waals surface area contributed by atoms with E-state index in [-0.39, 0.29) is 102 Å². The molecule has 9 atom stereocenters. The van der Waals surface area contributed by atoms with Crippen molar-refractivity contribution in [2.45, 2.75) is 536 Å². The predicted molar refractivity (Wildman–Crippen MR) is 469 cm³/mol. The molecule has 0 aromatic carbocycles. The number of esters is 6. The third-order valence-corrected chi connectivity index (χ3v) is 35.1. The summed E-state index contributed by atoms with van der Waals surface area (Å²) in [5.74, 6) is 5.33. The molecule has 4 saturated heterocycles. The molecule has 0 radical (unpaired) electrons. The van der Waals surface area contributed by atoms with Gasteiger partial charge in [-0.1, -0.05) is 106 Å². The molecule has 0 aromatic rings. The quantitative estimate of drug-likeness (QED) is 0.0659. The van der Waals surface area contributed by atoms with E-state index in [0.29, 0.717) is 59.9 Å². The highest BCUT2D eigenvalue weighted by Crippen LogP contribution is 2.59. The summed E-state index contributed by atoms with van der Waals surface area (Å²) in [5.41, 5.74) is -2.91. The van der Waals surface area contributed by atoms with Crippen LogP contribution in [0.15, 0.2) is 0 Å². The zero-order chi connectivity index (χ0) is 84.9. The van der Waals surface area contributed by atoms with Gasteiger partial charge in [-0.3, -0.25) is 28.8 Å². The Kier molecular flexibility index (Phi) is 33.5. The molecule has 11 aliphatic carbocycles. The number of hydrogen-bond donors (Lipinski definition) is 0. The molecule has 0 spiro atoms. The van der Waals surface area contributed by atoms with Gasteiger partial charge in [0.2, 0.25) is 0 Å². The monoisotopic (exact) mass is 1640 g/mol. The zero-order valence-electron chi connectivity index (χ0n) is 78.5. The average molecular weight is 1640 g/mol. The van der Waals surface area contributed by atoms with Crippen LogP contribution in [0.3, 0.4) is 0 Å². The number of carbonyl (C=O) groups excluding carboxylic acids is 6. The van der Waals surface area contributed by atoms with Gasteiger partial charge in [-0.25, -0.2) is 0 Å². The van der Waals surface area contributed by atoms with Crippen LogP contribution in [0.2, 0.25) is 0 Å². The molecule has 0 N–H and O–H groups in total. The number of carbonyl (C=O) groups is 6. The molecule has 6 bridgehead atoms. The Morgan fingerprint density at radius 1 is 0.248 bits per heavy atom. The lowest BCUT2D eigenvalue weighted by Crippen LogP contribution is -2.50. The maximum atomic E-state index is 12.7. The van der Waals surface area contributed by atoms with Gasteiger partial charge in [-0.15, -0.1) is 0 Å². The minimum Gasteiger partial charge on any atom is -0.458 e. The number of hydrogen-bond acceptors (Lipinski definition) is 14. The van der Waals surface area contributed by atoms with Crippen LogP contribution in [-0.2, 0) is 66.7 Å². The van der Waals surface area contributed by atoms with Crippen LogP contribution in [0.25, 0.3) is 0 Å². The highest BCUT2D eigenvalue weighted by molar-refractivity contribution is 5.79. The Morgan fingerprint density at radius 3 is 0.684 bits per heavy atom. The molecule has 0 amide bonds. The molecule has 14 heteroatoms. The van der Waals surface area contributed by atoms with Crippen LogP contribution in [0, 0.1) is 79.8 Å². The fourth-order valence-electron chi connectivity index (χ4n) is 24.2. The highest BCUT2D eigenvalue weighted by atomic mass is 16.6. The van der Waals surface area contributed by atoms with E-state index in [9.17, 15) is 28.8 Å². The van der Waals surface area contributed by atoms with Crippen molar-refractivity contribution in [3.63, 3.8) is 0 Å². The van der Waals surface area contributed by atoms with Crippen molar-refractivity contribution in [3.8, 4) is 0 Å². The van der Waals surface area contributed by atoms with Gasteiger partial charge in [0.05, 0.1) is 56.9 Å². The average Bonchev–Trinajstić information content (AvgIpc) is 1.62. The van der Waals surface area contributed by atoms with Crippen molar-refractivity contribution >= 4 is 35.8 Å². The summed E-state index contributed by atoms with van der Waals surface area (Å²) in [6, 6.07) is 0. The molecule has 117 heavy (non-hydrogen) atoms. The maximum absolute atomic E-state index is 12.7. The lowest BCUT2D eigenvalue weighted by atomic mass is 9.69. The second-order valence-electron chi connectivity index (χ2n) is 45.1. The van der Waals surface area contributed by atoms with Crippen LogP contribution in [0.1, 0.15) is 478 Å². The molecule has 4 aliphatic heterocycles. The van der Waals surface area contributed by atoms with E-state index in [0.717, 1.165) is 153 Å². The normalized spacial score (nSPS) is 30.1. The smallest absolute Gasteiger partial charge is 0.312 e. The third-order valence-electron chi connectivity index (χ3n) is 35.1. The second-order valence-corrected chi connectivity index (χ2v) is 45.1. The Labute approximate surface area is 714 Å². The Hall–Kier alpha value is -3.26. The summed E-state index contributed by atoms with van der Waals surface area (Å²) >= 11 is 0. The summed E-state index contributed by atoms with van der Waals surface area (Å²) in [6.07, 6.45) is 66.1. The van der Waals surface area contributed by atoms with E-state index in [2.05, 4.69) is 41.5 Å². The van der Waals surface area contributed by atoms with Crippen LogP contribution in [0.5, 0.6) is 0 Å². The van der Waals surface area contributed by atoms with E-state index >= 15 is 0 Å². The van der Waals surface area contributed by atoms with Crippen molar-refractivity contribution < 1.29 is 66.7 Å². The van der Waals surface area contributed by atoms with Crippen LogP contribution in [0.4, 0.5) is 0 Å². The largest absolute Gasteiger partial charge is 0.458 e. The number of ether oxygens (including phenoxy) is 8. The second kappa shape index (κ2) is 40.8. The molecule has 15 aliphatic rings. The minimum atomic E-state index is -0.372. The minimum absolute atomic E-state index is 0.00493. The van der Waals surface area contributed by atoms with Gasteiger partial charge >= 0.3 is 35.8 Å². The molecule has 9 unspecified atom stereocenters. The van der Waals surface area contributed by atoms with E-state index in [1.807, 2.05) is 83.1 Å². The highest BCUT2D eigenvalue weighted by Gasteiger charge is 2.59. The van der Waals surface area contributed by atoms with Crippen molar-refractivity contribution in [1.29, 1.82) is 0 Å². The SMILES string of the molecule is CCC(C)(C)C(=O)OC1(C2CC3CCC2C3)CCCC1.CCC(C)(C)C(=O)OC1(C2CC3CCC2O3)CCCC1.CCC(C)(C)C(=O)OC1(C2CC3CCC2O3)CCCCC1.CCC(C)(C)C(=O)OC1(C2CCCC2)CCCC1.CCC(C)(C)C(=O)OC1(C2CCCC2)CCCCC1.CCC(C)(C)C(=O)OC1(C2CCCCC2)CCCC1. The molecule has 11 saturated carbocycles. The molecular formula is C103H176O14. The van der Waals surface area contributed by atoms with Gasteiger partial charge in [0, 0.05) is 17.8 Å². The van der Waals surface area contributed by atoms with E-state index < -0.39 is 0 Å². The van der Waals surface area contributed by atoms with Gasteiger partial charge in [-0.2, -0.15) is 0 Å². The van der Waals surface area contributed by atoms with Gasteiger partial charge in [-0.05, 0) is 402 Å². The molecule has 4 heterocycles. The van der Waals surface area contributed by atoms with Gasteiger partial charge in [0.15, 0.2) is 0 Å². The van der Waals surface area contributed by atoms with Crippen molar-refractivity contribution in [3.05, 3.63) is 0 Å². The Bertz CT molecular complexity index is 3060. The molecule has 15 rings (SSSR count). The predicted octanol–water partition coefficient (Wildman–Crippen LogP) is 27.0. The van der Waals surface area contributed by atoms with E-state index in [1.54, 1.807) is 0 Å². The van der Waals surface area contributed by atoms with Crippen molar-refractivity contribution in [1.82, 2.24) is 0 Å². The van der Waals surface area contributed by atoms with E-state index in [1.165, 1.54) is 212 Å². The number of rotatable bonds is 24.